The van der Waals surface area contributed by atoms with Crippen molar-refractivity contribution in [1.29, 1.82) is 0 Å². The maximum absolute atomic E-state index is 6.50. The van der Waals surface area contributed by atoms with Crippen molar-refractivity contribution in [1.82, 2.24) is 15.0 Å². The van der Waals surface area contributed by atoms with Crippen LogP contribution in [0.4, 0.5) is 0 Å². The van der Waals surface area contributed by atoms with Gasteiger partial charge in [-0.2, -0.15) is 0 Å². The van der Waals surface area contributed by atoms with Crippen LogP contribution in [0.1, 0.15) is 25.0 Å². The molecule has 0 N–H and O–H groups in total. The molecule has 246 valence electrons. The number of fused-ring (bicyclic) bond motifs is 6. The van der Waals surface area contributed by atoms with Crippen molar-refractivity contribution in [2.24, 2.45) is 0 Å². The zero-order valence-corrected chi connectivity index (χ0v) is 28.8. The van der Waals surface area contributed by atoms with Crippen LogP contribution in [-0.2, 0) is 5.41 Å². The fourth-order valence-corrected chi connectivity index (χ4v) is 7.91. The highest BCUT2D eigenvalue weighted by molar-refractivity contribution is 6.13. The summed E-state index contributed by atoms with van der Waals surface area (Å²) in [4.78, 5) is 15.4. The highest BCUT2D eigenvalue weighted by Gasteiger charge is 2.35. The van der Waals surface area contributed by atoms with Gasteiger partial charge >= 0.3 is 0 Å². The summed E-state index contributed by atoms with van der Waals surface area (Å²) >= 11 is 0. The highest BCUT2D eigenvalue weighted by Crippen LogP contribution is 2.49. The third kappa shape index (κ3) is 4.87. The van der Waals surface area contributed by atoms with Gasteiger partial charge in [0.25, 0.3) is 0 Å². The Kier molecular flexibility index (Phi) is 6.80. The molecule has 2 heterocycles. The van der Waals surface area contributed by atoms with Gasteiger partial charge in [0.2, 0.25) is 0 Å². The Balaban J connectivity index is 1.15. The van der Waals surface area contributed by atoms with Gasteiger partial charge in [-0.1, -0.05) is 147 Å². The lowest BCUT2D eigenvalue weighted by atomic mass is 9.82. The van der Waals surface area contributed by atoms with Gasteiger partial charge < -0.3 is 4.42 Å². The predicted molar refractivity (Wildman–Crippen MR) is 212 cm³/mol. The molecule has 0 amide bonds. The molecule has 0 aliphatic heterocycles. The average Bonchev–Trinajstić information content (AvgIpc) is 3.70. The Bertz CT molecular complexity index is 2820. The molecule has 0 saturated heterocycles. The Morgan fingerprint density at radius 2 is 0.942 bits per heavy atom. The van der Waals surface area contributed by atoms with Crippen molar-refractivity contribution in [2.75, 3.05) is 0 Å². The van der Waals surface area contributed by atoms with Crippen molar-refractivity contribution in [2.45, 2.75) is 19.3 Å². The van der Waals surface area contributed by atoms with Gasteiger partial charge in [-0.05, 0) is 74.8 Å². The van der Waals surface area contributed by atoms with Crippen LogP contribution in [-0.4, -0.2) is 15.0 Å². The lowest BCUT2D eigenvalue weighted by molar-refractivity contribution is 0.660. The van der Waals surface area contributed by atoms with Crippen LogP contribution in [0.25, 0.3) is 89.5 Å². The largest absolute Gasteiger partial charge is 0.456 e. The second-order valence-corrected chi connectivity index (χ2v) is 14.0. The van der Waals surface area contributed by atoms with E-state index in [1.165, 1.54) is 22.3 Å². The normalized spacial score (nSPS) is 13.0. The van der Waals surface area contributed by atoms with E-state index >= 15 is 0 Å². The van der Waals surface area contributed by atoms with Crippen LogP contribution in [0.5, 0.6) is 0 Å². The summed E-state index contributed by atoms with van der Waals surface area (Å²) in [7, 11) is 0. The lowest BCUT2D eigenvalue weighted by Crippen LogP contribution is -2.14. The van der Waals surface area contributed by atoms with E-state index in [4.69, 9.17) is 19.4 Å². The number of furan rings is 1. The van der Waals surface area contributed by atoms with Crippen molar-refractivity contribution >= 4 is 21.9 Å². The maximum Gasteiger partial charge on any atom is 0.164 e. The van der Waals surface area contributed by atoms with Crippen molar-refractivity contribution in [3.63, 3.8) is 0 Å². The maximum atomic E-state index is 6.50. The molecule has 0 fully saturated rings. The number of rotatable bonds is 5. The molecule has 9 aromatic rings. The molecule has 1 aliphatic rings. The van der Waals surface area contributed by atoms with Gasteiger partial charge in [-0.15, -0.1) is 0 Å². The van der Waals surface area contributed by atoms with Crippen LogP contribution in [0.15, 0.2) is 168 Å². The first kappa shape index (κ1) is 30.2. The van der Waals surface area contributed by atoms with Gasteiger partial charge in [-0.3, -0.25) is 0 Å². The third-order valence-corrected chi connectivity index (χ3v) is 10.5. The fourth-order valence-electron chi connectivity index (χ4n) is 7.91. The number of hydrogen-bond donors (Lipinski definition) is 0. The molecule has 7 aromatic carbocycles. The summed E-state index contributed by atoms with van der Waals surface area (Å²) < 4.78 is 6.50. The Morgan fingerprint density at radius 3 is 1.71 bits per heavy atom. The summed E-state index contributed by atoms with van der Waals surface area (Å²) in [5.74, 6) is 1.85. The first-order chi connectivity index (χ1) is 25.5. The predicted octanol–water partition coefficient (Wildman–Crippen LogP) is 12.4. The van der Waals surface area contributed by atoms with Crippen LogP contribution in [0, 0.1) is 0 Å². The molecular weight excluding hydrogens is 635 g/mol. The Morgan fingerprint density at radius 1 is 0.385 bits per heavy atom. The van der Waals surface area contributed by atoms with Crippen LogP contribution in [0.2, 0.25) is 0 Å². The van der Waals surface area contributed by atoms with E-state index in [-0.39, 0.29) is 5.41 Å². The molecule has 10 rings (SSSR count). The topological polar surface area (TPSA) is 51.8 Å². The van der Waals surface area contributed by atoms with Gasteiger partial charge in [0.1, 0.15) is 11.2 Å². The molecule has 0 saturated carbocycles. The average molecular weight is 668 g/mol. The minimum atomic E-state index is -0.0832. The van der Waals surface area contributed by atoms with Gasteiger partial charge in [0.15, 0.2) is 17.5 Å². The fraction of sp³-hybridized carbons (Fsp3) is 0.0625. The molecule has 0 spiro atoms. The molecule has 0 bridgehead atoms. The zero-order valence-electron chi connectivity index (χ0n) is 28.8. The molecule has 0 radical (unpaired) electrons. The monoisotopic (exact) mass is 667 g/mol. The first-order valence-corrected chi connectivity index (χ1v) is 17.7. The second-order valence-electron chi connectivity index (χ2n) is 14.0. The molecule has 1 aliphatic carbocycles. The second kappa shape index (κ2) is 11.7. The molecule has 52 heavy (non-hydrogen) atoms. The van der Waals surface area contributed by atoms with E-state index in [2.05, 4.69) is 159 Å². The first-order valence-electron chi connectivity index (χ1n) is 17.7. The van der Waals surface area contributed by atoms with Crippen molar-refractivity contribution < 1.29 is 4.42 Å². The van der Waals surface area contributed by atoms with E-state index in [0.29, 0.717) is 17.5 Å². The SMILES string of the molecule is CC1(C)c2ccccc2-c2cc(-c3nc(-c4cccc(-c5ccccc5)c4)nc(-c4ccc5c(c4)oc4cccc(-c6ccccc6)c45)n3)ccc21. The summed E-state index contributed by atoms with van der Waals surface area (Å²) in [6.45, 7) is 4.60. The number of benzene rings is 7. The molecule has 0 unspecified atom stereocenters. The summed E-state index contributed by atoms with van der Waals surface area (Å²) in [5, 5.41) is 2.16. The molecular formula is C48H33N3O. The summed E-state index contributed by atoms with van der Waals surface area (Å²) in [6, 6.07) is 57.2. The molecule has 4 nitrogen and oxygen atoms in total. The number of aromatic nitrogens is 3. The minimum Gasteiger partial charge on any atom is -0.456 e. The van der Waals surface area contributed by atoms with E-state index in [1.807, 2.05) is 18.2 Å². The number of nitrogens with zero attached hydrogens (tertiary/aromatic N) is 3. The van der Waals surface area contributed by atoms with E-state index in [9.17, 15) is 0 Å². The van der Waals surface area contributed by atoms with Gasteiger partial charge in [0, 0.05) is 32.9 Å². The van der Waals surface area contributed by atoms with Gasteiger partial charge in [0.05, 0.1) is 0 Å². The zero-order chi connectivity index (χ0) is 34.8. The van der Waals surface area contributed by atoms with E-state index in [1.54, 1.807) is 0 Å². The summed E-state index contributed by atoms with van der Waals surface area (Å²) in [6.07, 6.45) is 0. The molecule has 4 heteroatoms. The minimum absolute atomic E-state index is 0.0832. The molecule has 2 aromatic heterocycles. The van der Waals surface area contributed by atoms with Crippen molar-refractivity contribution in [3.8, 4) is 67.5 Å². The van der Waals surface area contributed by atoms with E-state index in [0.717, 1.165) is 60.9 Å². The number of hydrogen-bond acceptors (Lipinski definition) is 4. The lowest BCUT2D eigenvalue weighted by Gasteiger charge is -2.21. The third-order valence-electron chi connectivity index (χ3n) is 10.5. The standard InChI is InChI=1S/C48H33N3O/c1-48(2)40-21-10-9-19-37(40)39-28-34(24-26-41(39)48)46-49-45(33-18-11-17-32(27-33)30-13-5-3-6-14-30)50-47(51-46)35-23-25-38-43(29-35)52-42-22-12-20-36(44(38)42)31-15-7-4-8-16-31/h3-29H,1-2H3. The quantitative estimate of drug-likeness (QED) is 0.183. The summed E-state index contributed by atoms with van der Waals surface area (Å²) in [5.41, 5.74) is 14.0. The smallest absolute Gasteiger partial charge is 0.164 e. The Hall–Kier alpha value is -6.65. The van der Waals surface area contributed by atoms with E-state index < -0.39 is 0 Å². The van der Waals surface area contributed by atoms with Crippen LogP contribution >= 0.6 is 0 Å². The van der Waals surface area contributed by atoms with Gasteiger partial charge in [-0.25, -0.2) is 15.0 Å². The van der Waals surface area contributed by atoms with Crippen LogP contribution < -0.4 is 0 Å². The van der Waals surface area contributed by atoms with Crippen LogP contribution in [0.3, 0.4) is 0 Å². The van der Waals surface area contributed by atoms with Crippen molar-refractivity contribution in [3.05, 3.63) is 175 Å². The molecule has 0 atom stereocenters. The highest BCUT2D eigenvalue weighted by atomic mass is 16.3. The Labute approximate surface area is 302 Å².